The number of Topliss-reactive ketones (excluding diaryl/α,β-unsaturated/α-hetero) is 1. The van der Waals surface area contributed by atoms with Gasteiger partial charge in [-0.1, -0.05) is 12.1 Å². The zero-order valence-corrected chi connectivity index (χ0v) is 13.8. The van der Waals surface area contributed by atoms with Gasteiger partial charge in [-0.2, -0.15) is 0 Å². The highest BCUT2D eigenvalue weighted by Crippen LogP contribution is 2.36. The summed E-state index contributed by atoms with van der Waals surface area (Å²) in [7, 11) is 0. The average Bonchev–Trinajstić information content (AvgIpc) is 2.61. The number of carbonyl (C=O) groups excluding carboxylic acids is 3. The second-order valence-corrected chi connectivity index (χ2v) is 6.63. The van der Waals surface area contributed by atoms with E-state index in [0.29, 0.717) is 5.69 Å². The Balaban J connectivity index is 1.53. The summed E-state index contributed by atoms with van der Waals surface area (Å²) in [5, 5.41) is 2.13. The van der Waals surface area contributed by atoms with Gasteiger partial charge in [0, 0.05) is 10.5 Å². The van der Waals surface area contributed by atoms with E-state index in [1.54, 1.807) is 6.07 Å². The van der Waals surface area contributed by atoms with Crippen molar-refractivity contribution in [3.05, 3.63) is 59.9 Å². The number of ketones is 1. The van der Waals surface area contributed by atoms with Gasteiger partial charge in [0.15, 0.2) is 12.4 Å². The fourth-order valence-corrected chi connectivity index (χ4v) is 3.40. The first-order valence-electron chi connectivity index (χ1n) is 7.54. The Morgan fingerprint density at radius 2 is 1.84 bits per heavy atom. The molecule has 1 N–H and O–H groups in total. The van der Waals surface area contributed by atoms with Crippen LogP contribution in [0.1, 0.15) is 16.8 Å². The van der Waals surface area contributed by atoms with Crippen molar-refractivity contribution in [3.63, 3.8) is 0 Å². The zero-order valence-electron chi connectivity index (χ0n) is 13.0. The van der Waals surface area contributed by atoms with Crippen molar-refractivity contribution in [2.24, 2.45) is 0 Å². The quantitative estimate of drug-likeness (QED) is 0.656. The molecule has 1 aliphatic rings. The molecule has 0 saturated heterocycles. The van der Waals surface area contributed by atoms with E-state index >= 15 is 0 Å². The highest BCUT2D eigenvalue weighted by Gasteiger charge is 2.29. The number of hydrogen-bond acceptors (Lipinski definition) is 5. The fraction of sp³-hybridized carbons (Fsp3) is 0.167. The standard InChI is InChI=1S/C18H14FNO4S/c19-12-7-5-11(6-8-12)14(21)10-24-17(22)9-16-18(23)20-13-3-1-2-4-15(13)25-16/h1-8,16H,9-10H2,(H,20,23)/t16-/m0/s1. The molecule has 25 heavy (non-hydrogen) atoms. The maximum atomic E-state index is 12.8. The van der Waals surface area contributed by atoms with Crippen molar-refractivity contribution in [2.45, 2.75) is 16.6 Å². The van der Waals surface area contributed by atoms with E-state index in [4.69, 9.17) is 4.74 Å². The summed E-state index contributed by atoms with van der Waals surface area (Å²) in [4.78, 5) is 36.7. The third kappa shape index (κ3) is 4.24. The van der Waals surface area contributed by atoms with Gasteiger partial charge < -0.3 is 10.1 Å². The van der Waals surface area contributed by atoms with Crippen LogP contribution >= 0.6 is 11.8 Å². The molecule has 0 spiro atoms. The van der Waals surface area contributed by atoms with E-state index in [1.165, 1.54) is 23.9 Å². The van der Waals surface area contributed by atoms with E-state index in [2.05, 4.69) is 5.32 Å². The Morgan fingerprint density at radius 3 is 2.60 bits per heavy atom. The molecule has 2 aromatic carbocycles. The molecule has 0 aliphatic carbocycles. The number of nitrogens with one attached hydrogen (secondary N) is 1. The molecule has 0 unspecified atom stereocenters. The minimum absolute atomic E-state index is 0.137. The molecule has 5 nitrogen and oxygen atoms in total. The number of benzene rings is 2. The molecule has 0 fully saturated rings. The normalized spacial score (nSPS) is 15.9. The smallest absolute Gasteiger partial charge is 0.307 e. The van der Waals surface area contributed by atoms with Gasteiger partial charge in [-0.25, -0.2) is 4.39 Å². The number of para-hydroxylation sites is 1. The second-order valence-electron chi connectivity index (χ2n) is 5.39. The van der Waals surface area contributed by atoms with Crippen LogP contribution in [0.25, 0.3) is 0 Å². The average molecular weight is 359 g/mol. The van der Waals surface area contributed by atoms with Crippen LogP contribution < -0.4 is 5.32 Å². The zero-order chi connectivity index (χ0) is 17.8. The molecule has 0 radical (unpaired) electrons. The summed E-state index contributed by atoms with van der Waals surface area (Å²) in [6, 6.07) is 12.3. The molecule has 1 atom stereocenters. The predicted molar refractivity (Wildman–Crippen MR) is 91.0 cm³/mol. The number of carbonyl (C=O) groups is 3. The van der Waals surface area contributed by atoms with Gasteiger partial charge >= 0.3 is 5.97 Å². The third-order valence-corrected chi connectivity index (χ3v) is 4.86. The molecular formula is C18H14FNO4S. The lowest BCUT2D eigenvalue weighted by molar-refractivity contribution is -0.143. The van der Waals surface area contributed by atoms with Gasteiger partial charge in [-0.15, -0.1) is 11.8 Å². The Bertz CT molecular complexity index is 822. The largest absolute Gasteiger partial charge is 0.457 e. The van der Waals surface area contributed by atoms with Crippen molar-refractivity contribution in [3.8, 4) is 0 Å². The van der Waals surface area contributed by atoms with Crippen LogP contribution in [0.5, 0.6) is 0 Å². The highest BCUT2D eigenvalue weighted by atomic mass is 32.2. The summed E-state index contributed by atoms with van der Waals surface area (Å²) in [6.45, 7) is -0.444. The molecule has 1 heterocycles. The van der Waals surface area contributed by atoms with Crippen LogP contribution in [-0.4, -0.2) is 29.5 Å². The molecule has 0 aromatic heterocycles. The molecule has 7 heteroatoms. The number of amides is 1. The third-order valence-electron chi connectivity index (χ3n) is 3.59. The topological polar surface area (TPSA) is 72.5 Å². The molecule has 1 amide bonds. The number of anilines is 1. The predicted octanol–water partition coefficient (Wildman–Crippen LogP) is 3.05. The Kier molecular flexibility index (Phi) is 5.14. The fourth-order valence-electron chi connectivity index (χ4n) is 2.30. The molecular weight excluding hydrogens is 345 g/mol. The van der Waals surface area contributed by atoms with E-state index in [1.807, 2.05) is 18.2 Å². The van der Waals surface area contributed by atoms with Gasteiger partial charge in [0.25, 0.3) is 0 Å². The van der Waals surface area contributed by atoms with Crippen molar-refractivity contribution >= 4 is 35.1 Å². The van der Waals surface area contributed by atoms with Crippen molar-refractivity contribution in [1.82, 2.24) is 0 Å². The number of fused-ring (bicyclic) bond motifs is 1. The number of ether oxygens (including phenoxy) is 1. The summed E-state index contributed by atoms with van der Waals surface area (Å²) in [5.74, 6) is -1.79. The molecule has 3 rings (SSSR count). The van der Waals surface area contributed by atoms with Crippen LogP contribution in [0, 0.1) is 5.82 Å². The Morgan fingerprint density at radius 1 is 1.12 bits per heavy atom. The number of thioether (sulfide) groups is 1. The minimum Gasteiger partial charge on any atom is -0.457 e. The van der Waals surface area contributed by atoms with Gasteiger partial charge in [0.2, 0.25) is 5.91 Å². The van der Waals surface area contributed by atoms with Gasteiger partial charge in [-0.05, 0) is 36.4 Å². The van der Waals surface area contributed by atoms with E-state index in [9.17, 15) is 18.8 Å². The van der Waals surface area contributed by atoms with Gasteiger partial charge in [0.05, 0.1) is 17.4 Å². The molecule has 0 bridgehead atoms. The summed E-state index contributed by atoms with van der Waals surface area (Å²) in [5.41, 5.74) is 0.974. The first-order chi connectivity index (χ1) is 12.0. The Hall–Kier alpha value is -2.67. The van der Waals surface area contributed by atoms with Gasteiger partial charge in [0.1, 0.15) is 5.82 Å². The second kappa shape index (κ2) is 7.48. The number of halogens is 1. The van der Waals surface area contributed by atoms with Gasteiger partial charge in [-0.3, -0.25) is 14.4 Å². The van der Waals surface area contributed by atoms with Crippen LogP contribution in [-0.2, 0) is 14.3 Å². The van der Waals surface area contributed by atoms with E-state index in [-0.39, 0.29) is 17.9 Å². The van der Waals surface area contributed by atoms with Crippen molar-refractivity contribution < 1.29 is 23.5 Å². The molecule has 2 aromatic rings. The molecule has 0 saturated carbocycles. The lowest BCUT2D eigenvalue weighted by Gasteiger charge is -2.23. The van der Waals surface area contributed by atoms with Crippen molar-refractivity contribution in [2.75, 3.05) is 11.9 Å². The van der Waals surface area contributed by atoms with Crippen molar-refractivity contribution in [1.29, 1.82) is 0 Å². The number of hydrogen-bond donors (Lipinski definition) is 1. The van der Waals surface area contributed by atoms with E-state index < -0.39 is 29.4 Å². The van der Waals surface area contributed by atoms with E-state index in [0.717, 1.165) is 17.0 Å². The summed E-state index contributed by atoms with van der Waals surface area (Å²) in [6.07, 6.45) is -0.137. The maximum Gasteiger partial charge on any atom is 0.307 e. The minimum atomic E-state index is -0.637. The molecule has 128 valence electrons. The highest BCUT2D eigenvalue weighted by molar-refractivity contribution is 8.01. The number of rotatable bonds is 5. The first-order valence-corrected chi connectivity index (χ1v) is 8.42. The summed E-state index contributed by atoms with van der Waals surface area (Å²) < 4.78 is 17.8. The van der Waals surface area contributed by atoms with Crippen LogP contribution in [0.3, 0.4) is 0 Å². The lowest BCUT2D eigenvalue weighted by Crippen LogP contribution is -2.31. The maximum absolute atomic E-state index is 12.8. The van der Waals surface area contributed by atoms with Crippen LogP contribution in [0.15, 0.2) is 53.4 Å². The first kappa shape index (κ1) is 17.2. The number of esters is 1. The summed E-state index contributed by atoms with van der Waals surface area (Å²) >= 11 is 1.29. The Labute approximate surface area is 147 Å². The van der Waals surface area contributed by atoms with Crippen LogP contribution in [0.2, 0.25) is 0 Å². The SMILES string of the molecule is O=C(C[C@@H]1Sc2ccccc2NC1=O)OCC(=O)c1ccc(F)cc1. The molecule has 1 aliphatic heterocycles. The lowest BCUT2D eigenvalue weighted by atomic mass is 10.1. The van der Waals surface area contributed by atoms with Crippen LogP contribution in [0.4, 0.5) is 10.1 Å². The monoisotopic (exact) mass is 359 g/mol.